The van der Waals surface area contributed by atoms with Crippen LogP contribution in [0.25, 0.3) is 0 Å². The van der Waals surface area contributed by atoms with Gasteiger partial charge in [0.15, 0.2) is 11.6 Å². The molecule has 1 aliphatic rings. The Kier molecular flexibility index (Phi) is 4.37. The molecular formula is C14H22FN3O. The number of hydrogen-bond donors (Lipinski definition) is 1. The van der Waals surface area contributed by atoms with Crippen LogP contribution in [0.5, 0.6) is 0 Å². The number of pyridine rings is 1. The second-order valence-corrected chi connectivity index (χ2v) is 5.40. The lowest BCUT2D eigenvalue weighted by molar-refractivity contribution is 0.0634. The van der Waals surface area contributed by atoms with Crippen LogP contribution >= 0.6 is 0 Å². The molecule has 0 spiro atoms. The summed E-state index contributed by atoms with van der Waals surface area (Å²) in [5.74, 6) is 0.210. The highest BCUT2D eigenvalue weighted by molar-refractivity contribution is 5.46. The van der Waals surface area contributed by atoms with E-state index in [0.717, 1.165) is 6.54 Å². The number of ether oxygens (including phenoxy) is 1. The number of nitrogens with zero attached hydrogens (tertiary/aromatic N) is 2. The Bertz CT molecular complexity index is 437. The zero-order chi connectivity index (χ0) is 13.9. The number of nitrogens with one attached hydrogen (secondary N) is 1. The second-order valence-electron chi connectivity index (χ2n) is 5.40. The average molecular weight is 267 g/mol. The summed E-state index contributed by atoms with van der Waals surface area (Å²) in [7, 11) is 0. The Morgan fingerprint density at radius 2 is 2.32 bits per heavy atom. The fraction of sp³-hybridized carbons (Fsp3) is 0.643. The van der Waals surface area contributed by atoms with Crippen LogP contribution in [0.15, 0.2) is 12.3 Å². The SMILES string of the molecule is CCNCc1ccnc(N2CCOCC2(C)C)c1F. The molecule has 0 aromatic carbocycles. The molecule has 19 heavy (non-hydrogen) atoms. The van der Waals surface area contributed by atoms with E-state index in [1.807, 2.05) is 25.7 Å². The molecule has 1 fully saturated rings. The van der Waals surface area contributed by atoms with Gasteiger partial charge in [-0.2, -0.15) is 0 Å². The minimum atomic E-state index is -0.233. The van der Waals surface area contributed by atoms with E-state index in [4.69, 9.17) is 4.74 Å². The monoisotopic (exact) mass is 267 g/mol. The van der Waals surface area contributed by atoms with E-state index in [1.165, 1.54) is 0 Å². The van der Waals surface area contributed by atoms with Gasteiger partial charge in [0.25, 0.3) is 0 Å². The van der Waals surface area contributed by atoms with Crippen LogP contribution in [-0.2, 0) is 11.3 Å². The van der Waals surface area contributed by atoms with E-state index in [0.29, 0.717) is 37.7 Å². The van der Waals surface area contributed by atoms with E-state index in [2.05, 4.69) is 10.3 Å². The summed E-state index contributed by atoms with van der Waals surface area (Å²) >= 11 is 0. The summed E-state index contributed by atoms with van der Waals surface area (Å²) in [5, 5.41) is 3.15. The highest BCUT2D eigenvalue weighted by atomic mass is 19.1. The molecule has 4 nitrogen and oxygen atoms in total. The van der Waals surface area contributed by atoms with Crippen molar-refractivity contribution in [2.75, 3.05) is 31.2 Å². The molecule has 5 heteroatoms. The zero-order valence-corrected chi connectivity index (χ0v) is 11.9. The normalized spacial score (nSPS) is 18.6. The molecule has 0 radical (unpaired) electrons. The third kappa shape index (κ3) is 3.04. The average Bonchev–Trinajstić information content (AvgIpc) is 2.38. The molecule has 2 rings (SSSR count). The first kappa shape index (κ1) is 14.2. The Balaban J connectivity index is 2.28. The van der Waals surface area contributed by atoms with Gasteiger partial charge in [-0.3, -0.25) is 0 Å². The number of rotatable bonds is 4. The minimum Gasteiger partial charge on any atom is -0.377 e. The maximum atomic E-state index is 14.5. The fourth-order valence-electron chi connectivity index (χ4n) is 2.31. The zero-order valence-electron chi connectivity index (χ0n) is 11.9. The topological polar surface area (TPSA) is 37.4 Å². The maximum absolute atomic E-state index is 14.5. The van der Waals surface area contributed by atoms with E-state index in [9.17, 15) is 4.39 Å². The van der Waals surface area contributed by atoms with E-state index in [1.54, 1.807) is 12.3 Å². The summed E-state index contributed by atoms with van der Waals surface area (Å²) in [6.07, 6.45) is 1.68. The van der Waals surface area contributed by atoms with Crippen molar-refractivity contribution in [3.05, 3.63) is 23.6 Å². The van der Waals surface area contributed by atoms with Gasteiger partial charge in [0, 0.05) is 24.8 Å². The van der Waals surface area contributed by atoms with Crippen LogP contribution < -0.4 is 10.2 Å². The Hall–Kier alpha value is -1.20. The lowest BCUT2D eigenvalue weighted by Gasteiger charge is -2.43. The van der Waals surface area contributed by atoms with Gasteiger partial charge in [-0.05, 0) is 26.5 Å². The van der Waals surface area contributed by atoms with Crippen molar-refractivity contribution in [2.45, 2.75) is 32.9 Å². The summed E-state index contributed by atoms with van der Waals surface area (Å²) in [5.41, 5.74) is 0.428. The minimum absolute atomic E-state index is 0.224. The molecule has 1 aromatic heterocycles. The van der Waals surface area contributed by atoms with Crippen LogP contribution in [0.4, 0.5) is 10.2 Å². The predicted molar refractivity (Wildman–Crippen MR) is 73.8 cm³/mol. The molecule has 1 N–H and O–H groups in total. The van der Waals surface area contributed by atoms with Crippen molar-refractivity contribution in [3.8, 4) is 0 Å². The van der Waals surface area contributed by atoms with Crippen molar-refractivity contribution < 1.29 is 9.13 Å². The van der Waals surface area contributed by atoms with Gasteiger partial charge in [-0.15, -0.1) is 0 Å². The first-order valence-corrected chi connectivity index (χ1v) is 6.75. The van der Waals surface area contributed by atoms with E-state index in [-0.39, 0.29) is 11.4 Å². The van der Waals surface area contributed by atoms with Crippen LogP contribution in [0.3, 0.4) is 0 Å². The van der Waals surface area contributed by atoms with E-state index >= 15 is 0 Å². The highest BCUT2D eigenvalue weighted by Gasteiger charge is 2.33. The van der Waals surface area contributed by atoms with Crippen LogP contribution in [0, 0.1) is 5.82 Å². The van der Waals surface area contributed by atoms with Gasteiger partial charge in [0.2, 0.25) is 0 Å². The standard InChI is InChI=1S/C14H22FN3O/c1-4-16-9-11-5-6-17-13(12(11)15)18-7-8-19-10-14(18,2)3/h5-6,16H,4,7-10H2,1-3H3. The predicted octanol–water partition coefficient (Wildman–Crippen LogP) is 1.95. The van der Waals surface area contributed by atoms with Gasteiger partial charge in [-0.1, -0.05) is 6.92 Å². The molecule has 0 amide bonds. The number of aromatic nitrogens is 1. The van der Waals surface area contributed by atoms with Gasteiger partial charge in [-0.25, -0.2) is 9.37 Å². The Labute approximate surface area is 114 Å². The van der Waals surface area contributed by atoms with Gasteiger partial charge in [0.05, 0.1) is 18.8 Å². The lowest BCUT2D eigenvalue weighted by atomic mass is 10.0. The van der Waals surface area contributed by atoms with Crippen molar-refractivity contribution >= 4 is 5.82 Å². The van der Waals surface area contributed by atoms with Crippen LogP contribution in [-0.4, -0.2) is 36.8 Å². The van der Waals surface area contributed by atoms with Crippen LogP contribution in [0.2, 0.25) is 0 Å². The summed E-state index contributed by atoms with van der Waals surface area (Å²) < 4.78 is 20.0. The van der Waals surface area contributed by atoms with Crippen LogP contribution in [0.1, 0.15) is 26.3 Å². The Morgan fingerprint density at radius 3 is 3.00 bits per heavy atom. The van der Waals surface area contributed by atoms with Crippen molar-refractivity contribution in [2.24, 2.45) is 0 Å². The molecule has 0 saturated carbocycles. The molecule has 1 saturated heterocycles. The number of halogens is 1. The number of anilines is 1. The first-order chi connectivity index (χ1) is 9.06. The third-order valence-electron chi connectivity index (χ3n) is 3.42. The summed E-state index contributed by atoms with van der Waals surface area (Å²) in [6.45, 7) is 9.32. The maximum Gasteiger partial charge on any atom is 0.170 e. The molecular weight excluding hydrogens is 245 g/mol. The Morgan fingerprint density at radius 1 is 1.53 bits per heavy atom. The molecule has 0 aliphatic carbocycles. The molecule has 0 unspecified atom stereocenters. The van der Waals surface area contributed by atoms with Gasteiger partial charge >= 0.3 is 0 Å². The van der Waals surface area contributed by atoms with Gasteiger partial charge < -0.3 is 15.0 Å². The molecule has 1 aliphatic heterocycles. The van der Waals surface area contributed by atoms with Crippen molar-refractivity contribution in [1.29, 1.82) is 0 Å². The molecule has 0 atom stereocenters. The van der Waals surface area contributed by atoms with Gasteiger partial charge in [0.1, 0.15) is 0 Å². The van der Waals surface area contributed by atoms with E-state index < -0.39 is 0 Å². The quantitative estimate of drug-likeness (QED) is 0.904. The largest absolute Gasteiger partial charge is 0.377 e. The summed E-state index contributed by atoms with van der Waals surface area (Å²) in [6, 6.07) is 1.73. The fourth-order valence-corrected chi connectivity index (χ4v) is 2.31. The molecule has 0 bridgehead atoms. The second kappa shape index (κ2) is 5.84. The molecule has 1 aromatic rings. The smallest absolute Gasteiger partial charge is 0.170 e. The first-order valence-electron chi connectivity index (χ1n) is 6.75. The number of morpholine rings is 1. The third-order valence-corrected chi connectivity index (χ3v) is 3.42. The number of hydrogen-bond acceptors (Lipinski definition) is 4. The molecule has 106 valence electrons. The van der Waals surface area contributed by atoms with Crippen molar-refractivity contribution in [1.82, 2.24) is 10.3 Å². The highest BCUT2D eigenvalue weighted by Crippen LogP contribution is 2.28. The van der Waals surface area contributed by atoms with Crippen molar-refractivity contribution in [3.63, 3.8) is 0 Å². The lowest BCUT2D eigenvalue weighted by Crippen LogP contribution is -2.54. The summed E-state index contributed by atoms with van der Waals surface area (Å²) in [4.78, 5) is 6.24. The molecule has 2 heterocycles.